The van der Waals surface area contributed by atoms with Crippen molar-refractivity contribution in [2.45, 2.75) is 47.3 Å². The van der Waals surface area contributed by atoms with Crippen LogP contribution in [0.25, 0.3) is 0 Å². The van der Waals surface area contributed by atoms with E-state index in [0.717, 1.165) is 23.2 Å². The fourth-order valence-corrected chi connectivity index (χ4v) is 2.80. The molecule has 1 atom stereocenters. The predicted octanol–water partition coefficient (Wildman–Crippen LogP) is 3.10. The summed E-state index contributed by atoms with van der Waals surface area (Å²) in [6, 6.07) is 0. The number of ether oxygens (including phenoxy) is 1. The van der Waals surface area contributed by atoms with E-state index in [0.29, 0.717) is 6.54 Å². The normalized spacial score (nSPS) is 13.5. The van der Waals surface area contributed by atoms with Crippen molar-refractivity contribution < 1.29 is 4.74 Å². The molecule has 22 heavy (non-hydrogen) atoms. The van der Waals surface area contributed by atoms with Gasteiger partial charge in [0.25, 0.3) is 0 Å². The summed E-state index contributed by atoms with van der Waals surface area (Å²) >= 11 is 1.72. The summed E-state index contributed by atoms with van der Waals surface area (Å²) in [5, 5.41) is 7.67. The summed E-state index contributed by atoms with van der Waals surface area (Å²) < 4.78 is 5.54. The second-order valence-corrected chi connectivity index (χ2v) is 7.43. The predicted molar refractivity (Wildman–Crippen MR) is 105 cm³/mol. The highest BCUT2D eigenvalue weighted by Gasteiger charge is 2.24. The van der Waals surface area contributed by atoms with Gasteiger partial charge >= 0.3 is 0 Å². The van der Waals surface area contributed by atoms with Crippen LogP contribution in [-0.4, -0.2) is 37.7 Å². The Morgan fingerprint density at radius 1 is 1.32 bits per heavy atom. The van der Waals surface area contributed by atoms with Crippen LogP contribution in [0.3, 0.4) is 0 Å². The van der Waals surface area contributed by atoms with Crippen molar-refractivity contribution in [1.29, 1.82) is 0 Å². The highest BCUT2D eigenvalue weighted by atomic mass is 127. The maximum absolute atomic E-state index is 5.54. The summed E-state index contributed by atoms with van der Waals surface area (Å²) in [7, 11) is 3.52. The Bertz CT molecular complexity index is 463. The number of methoxy groups -OCH3 is 1. The lowest BCUT2D eigenvalue weighted by Crippen LogP contribution is -2.45. The molecular weight excluding hydrogens is 411 g/mol. The summed E-state index contributed by atoms with van der Waals surface area (Å²) in [5.41, 5.74) is 1.19. The van der Waals surface area contributed by atoms with E-state index in [2.05, 4.69) is 48.3 Å². The lowest BCUT2D eigenvalue weighted by molar-refractivity contribution is 0.0205. The highest BCUT2D eigenvalue weighted by Crippen LogP contribution is 2.21. The fraction of sp³-hybridized carbons (Fsp3) is 0.733. The van der Waals surface area contributed by atoms with Crippen LogP contribution in [0.2, 0.25) is 0 Å². The van der Waals surface area contributed by atoms with Crippen molar-refractivity contribution in [3.8, 4) is 0 Å². The van der Waals surface area contributed by atoms with E-state index in [1.807, 2.05) is 6.92 Å². The van der Waals surface area contributed by atoms with E-state index in [1.54, 1.807) is 25.5 Å². The number of guanidine groups is 1. The van der Waals surface area contributed by atoms with Gasteiger partial charge < -0.3 is 15.4 Å². The summed E-state index contributed by atoms with van der Waals surface area (Å²) in [6.45, 7) is 12.0. The Balaban J connectivity index is 0.00000441. The first-order valence-corrected chi connectivity index (χ1v) is 7.99. The minimum atomic E-state index is 0. The zero-order valence-corrected chi connectivity index (χ0v) is 17.8. The van der Waals surface area contributed by atoms with Crippen LogP contribution in [0.5, 0.6) is 0 Å². The molecule has 1 heterocycles. The molecular formula is C15H29IN4OS. The van der Waals surface area contributed by atoms with Gasteiger partial charge in [-0.3, -0.25) is 4.99 Å². The van der Waals surface area contributed by atoms with Crippen LogP contribution in [-0.2, 0) is 11.3 Å². The Hall–Kier alpha value is -0.410. The standard InChI is InChI=1S/C15H28N4OS.HI/c1-10-11(2)21-13(19-10)9-18-14(16-6)17-8-12(20-7)15(3,4)5;/h12H,8-9H2,1-7H3,(H2,16,17,18);1H. The molecule has 5 nitrogen and oxygen atoms in total. The molecule has 0 aliphatic rings. The lowest BCUT2D eigenvalue weighted by Gasteiger charge is -2.30. The number of halogens is 1. The molecule has 128 valence electrons. The van der Waals surface area contributed by atoms with Crippen molar-refractivity contribution >= 4 is 41.3 Å². The van der Waals surface area contributed by atoms with Crippen LogP contribution in [0.15, 0.2) is 4.99 Å². The van der Waals surface area contributed by atoms with E-state index in [9.17, 15) is 0 Å². The molecule has 0 aromatic carbocycles. The number of rotatable bonds is 5. The third-order valence-electron chi connectivity index (χ3n) is 3.41. The fourth-order valence-electron chi connectivity index (χ4n) is 1.93. The van der Waals surface area contributed by atoms with E-state index < -0.39 is 0 Å². The zero-order chi connectivity index (χ0) is 16.0. The maximum atomic E-state index is 5.54. The number of hydrogen-bond donors (Lipinski definition) is 2. The minimum absolute atomic E-state index is 0. The molecule has 0 radical (unpaired) electrons. The topological polar surface area (TPSA) is 58.5 Å². The van der Waals surface area contributed by atoms with E-state index in [1.165, 1.54) is 4.88 Å². The molecule has 0 amide bonds. The Labute approximate surface area is 155 Å². The van der Waals surface area contributed by atoms with Crippen LogP contribution in [0.4, 0.5) is 0 Å². The van der Waals surface area contributed by atoms with Crippen molar-refractivity contribution in [2.24, 2.45) is 10.4 Å². The highest BCUT2D eigenvalue weighted by molar-refractivity contribution is 14.0. The first kappa shape index (κ1) is 21.6. The number of hydrogen-bond acceptors (Lipinski definition) is 4. The molecule has 0 saturated heterocycles. The van der Waals surface area contributed by atoms with E-state index in [4.69, 9.17) is 4.74 Å². The largest absolute Gasteiger partial charge is 0.379 e. The Morgan fingerprint density at radius 3 is 2.36 bits per heavy atom. The van der Waals surface area contributed by atoms with Gasteiger partial charge in [0, 0.05) is 25.6 Å². The molecule has 0 aliphatic carbocycles. The van der Waals surface area contributed by atoms with Crippen molar-refractivity contribution in [3.63, 3.8) is 0 Å². The monoisotopic (exact) mass is 440 g/mol. The first-order valence-electron chi connectivity index (χ1n) is 7.18. The molecule has 0 fully saturated rings. The van der Waals surface area contributed by atoms with Gasteiger partial charge in [-0.15, -0.1) is 35.3 Å². The molecule has 0 bridgehead atoms. The third-order valence-corrected chi connectivity index (χ3v) is 4.48. The van der Waals surface area contributed by atoms with Crippen LogP contribution >= 0.6 is 35.3 Å². The van der Waals surface area contributed by atoms with Gasteiger partial charge in [-0.05, 0) is 19.3 Å². The molecule has 1 unspecified atom stereocenters. The molecule has 0 spiro atoms. The quantitative estimate of drug-likeness (QED) is 0.420. The second kappa shape index (κ2) is 9.67. The molecule has 1 aromatic heterocycles. The SMILES string of the molecule is CN=C(NCc1nc(C)c(C)s1)NCC(OC)C(C)(C)C.I. The van der Waals surface area contributed by atoms with Gasteiger partial charge in [0.15, 0.2) is 5.96 Å². The molecule has 0 aliphatic heterocycles. The summed E-state index contributed by atoms with van der Waals surface area (Å²) in [5.74, 6) is 0.770. The van der Waals surface area contributed by atoms with Gasteiger partial charge in [0.1, 0.15) is 5.01 Å². The number of thiazole rings is 1. The van der Waals surface area contributed by atoms with E-state index in [-0.39, 0.29) is 35.5 Å². The van der Waals surface area contributed by atoms with Crippen LogP contribution in [0, 0.1) is 19.3 Å². The maximum Gasteiger partial charge on any atom is 0.191 e. The summed E-state index contributed by atoms with van der Waals surface area (Å²) in [6.07, 6.45) is 0.125. The van der Waals surface area contributed by atoms with Gasteiger partial charge in [0.05, 0.1) is 18.3 Å². The first-order chi connectivity index (χ1) is 9.77. The Morgan fingerprint density at radius 2 is 1.95 bits per heavy atom. The lowest BCUT2D eigenvalue weighted by atomic mass is 9.89. The number of nitrogens with zero attached hydrogens (tertiary/aromatic N) is 2. The van der Waals surface area contributed by atoms with Gasteiger partial charge in [0.2, 0.25) is 0 Å². The van der Waals surface area contributed by atoms with Crippen LogP contribution in [0.1, 0.15) is 36.3 Å². The molecule has 1 rings (SSSR count). The number of nitrogens with one attached hydrogen (secondary N) is 2. The second-order valence-electron chi connectivity index (χ2n) is 6.15. The molecule has 0 saturated carbocycles. The van der Waals surface area contributed by atoms with Crippen molar-refractivity contribution in [3.05, 3.63) is 15.6 Å². The third kappa shape index (κ3) is 6.78. The smallest absolute Gasteiger partial charge is 0.191 e. The Kier molecular flexibility index (Phi) is 9.49. The average Bonchev–Trinajstić information content (AvgIpc) is 2.71. The number of aryl methyl sites for hydroxylation is 2. The number of aromatic nitrogens is 1. The average molecular weight is 440 g/mol. The van der Waals surface area contributed by atoms with Crippen molar-refractivity contribution in [1.82, 2.24) is 15.6 Å². The molecule has 7 heteroatoms. The van der Waals surface area contributed by atoms with Gasteiger partial charge in [-0.25, -0.2) is 4.98 Å². The van der Waals surface area contributed by atoms with Crippen molar-refractivity contribution in [2.75, 3.05) is 20.7 Å². The minimum Gasteiger partial charge on any atom is -0.379 e. The van der Waals surface area contributed by atoms with E-state index >= 15 is 0 Å². The number of aliphatic imine (C=N–C) groups is 1. The van der Waals surface area contributed by atoms with Gasteiger partial charge in [-0.1, -0.05) is 20.8 Å². The summed E-state index contributed by atoms with van der Waals surface area (Å²) in [4.78, 5) is 10.0. The molecule has 1 aromatic rings. The van der Waals surface area contributed by atoms with Crippen LogP contribution < -0.4 is 10.6 Å². The van der Waals surface area contributed by atoms with Gasteiger partial charge in [-0.2, -0.15) is 0 Å². The molecule has 2 N–H and O–H groups in total. The zero-order valence-electron chi connectivity index (χ0n) is 14.6.